The lowest BCUT2D eigenvalue weighted by atomic mass is 10.1. The number of hydrogen-bond acceptors (Lipinski definition) is 4. The van der Waals surface area contributed by atoms with Crippen LogP contribution in [0.5, 0.6) is 0 Å². The molecular weight excluding hydrogens is 244 g/mol. The van der Waals surface area contributed by atoms with Crippen molar-refractivity contribution < 1.29 is 13.6 Å². The smallest absolute Gasteiger partial charge is 0.269 e. The van der Waals surface area contributed by atoms with Gasteiger partial charge in [-0.3, -0.25) is 10.1 Å². The van der Waals surface area contributed by atoms with Crippen molar-refractivity contribution in [1.82, 2.24) is 20.6 Å². The Hall–Kier alpha value is -2.38. The number of carbonyl (C=O) groups excluding carboxylic acids is 1. The lowest BCUT2D eigenvalue weighted by Crippen LogP contribution is -2.13. The maximum absolute atomic E-state index is 13.3. The van der Waals surface area contributed by atoms with Crippen LogP contribution in [0.3, 0.4) is 0 Å². The normalized spacial score (nSPS) is 10.3. The Balaban J connectivity index is 1.91. The van der Waals surface area contributed by atoms with Gasteiger partial charge in [0.25, 0.3) is 5.95 Å². The Morgan fingerprint density at radius 3 is 2.94 bits per heavy atom. The molecule has 0 saturated heterocycles. The van der Waals surface area contributed by atoms with E-state index in [0.717, 1.165) is 18.2 Å². The fourth-order valence-corrected chi connectivity index (χ4v) is 1.39. The summed E-state index contributed by atoms with van der Waals surface area (Å²) < 4.78 is 26.1. The largest absolute Gasteiger partial charge is 0.292 e. The standard InChI is InChI=1S/C10H9F2N5O/c11-7-2-3-8(12)6(5-7)1-4-9(18)13-10-14-16-17-15-10/h2-3,5H,1,4H2,(H2,13,14,15,16,17,18). The van der Waals surface area contributed by atoms with E-state index in [-0.39, 0.29) is 24.4 Å². The van der Waals surface area contributed by atoms with E-state index in [4.69, 9.17) is 0 Å². The van der Waals surface area contributed by atoms with Crippen molar-refractivity contribution in [2.75, 3.05) is 5.32 Å². The fourth-order valence-electron chi connectivity index (χ4n) is 1.39. The van der Waals surface area contributed by atoms with Crippen LogP contribution in [0.15, 0.2) is 18.2 Å². The topological polar surface area (TPSA) is 83.6 Å². The second-order valence-corrected chi connectivity index (χ2v) is 3.52. The van der Waals surface area contributed by atoms with Gasteiger partial charge in [-0.2, -0.15) is 5.21 Å². The van der Waals surface area contributed by atoms with Crippen LogP contribution in [-0.2, 0) is 11.2 Å². The summed E-state index contributed by atoms with van der Waals surface area (Å²) >= 11 is 0. The van der Waals surface area contributed by atoms with Crippen molar-refractivity contribution in [3.05, 3.63) is 35.4 Å². The van der Waals surface area contributed by atoms with Crippen molar-refractivity contribution in [3.8, 4) is 0 Å². The van der Waals surface area contributed by atoms with Crippen LogP contribution in [-0.4, -0.2) is 26.5 Å². The summed E-state index contributed by atoms with van der Waals surface area (Å²) in [7, 11) is 0. The molecule has 6 nitrogen and oxygen atoms in total. The molecule has 0 fully saturated rings. The molecule has 0 spiro atoms. The van der Waals surface area contributed by atoms with Gasteiger partial charge in [0, 0.05) is 6.42 Å². The third-order valence-corrected chi connectivity index (χ3v) is 2.23. The molecule has 0 aliphatic rings. The number of aryl methyl sites for hydroxylation is 1. The van der Waals surface area contributed by atoms with Gasteiger partial charge in [0.15, 0.2) is 0 Å². The molecule has 0 atom stereocenters. The highest BCUT2D eigenvalue weighted by Crippen LogP contribution is 2.12. The average Bonchev–Trinajstić information content (AvgIpc) is 2.83. The molecule has 2 N–H and O–H groups in total. The first kappa shape index (κ1) is 12.1. The van der Waals surface area contributed by atoms with E-state index in [9.17, 15) is 13.6 Å². The summed E-state index contributed by atoms with van der Waals surface area (Å²) in [6, 6.07) is 3.12. The first-order valence-electron chi connectivity index (χ1n) is 5.12. The Labute approximate surface area is 100 Å². The number of nitrogens with zero attached hydrogens (tertiary/aromatic N) is 3. The first-order valence-corrected chi connectivity index (χ1v) is 5.12. The second-order valence-electron chi connectivity index (χ2n) is 3.52. The van der Waals surface area contributed by atoms with Crippen LogP contribution >= 0.6 is 0 Å². The van der Waals surface area contributed by atoms with Gasteiger partial charge in [0.2, 0.25) is 5.91 Å². The molecule has 1 amide bonds. The summed E-state index contributed by atoms with van der Waals surface area (Å²) in [5.41, 5.74) is 0.151. The van der Waals surface area contributed by atoms with E-state index >= 15 is 0 Å². The summed E-state index contributed by atoms with van der Waals surface area (Å²) in [5, 5.41) is 14.8. The molecule has 2 rings (SSSR count). The van der Waals surface area contributed by atoms with E-state index < -0.39 is 17.5 Å². The fraction of sp³-hybridized carbons (Fsp3) is 0.200. The number of carbonyl (C=O) groups is 1. The van der Waals surface area contributed by atoms with E-state index in [0.29, 0.717) is 0 Å². The highest BCUT2D eigenvalue weighted by atomic mass is 19.1. The minimum atomic E-state index is -0.538. The predicted molar refractivity (Wildman–Crippen MR) is 57.5 cm³/mol. The van der Waals surface area contributed by atoms with Crippen molar-refractivity contribution >= 4 is 11.9 Å². The third kappa shape index (κ3) is 3.06. The van der Waals surface area contributed by atoms with Gasteiger partial charge >= 0.3 is 0 Å². The molecule has 0 aliphatic heterocycles. The zero-order chi connectivity index (χ0) is 13.0. The van der Waals surface area contributed by atoms with Gasteiger partial charge in [-0.15, -0.1) is 5.10 Å². The van der Waals surface area contributed by atoms with Crippen molar-refractivity contribution in [1.29, 1.82) is 0 Å². The van der Waals surface area contributed by atoms with Crippen LogP contribution in [0.4, 0.5) is 14.7 Å². The number of amides is 1. The minimum absolute atomic E-state index is 0.00505. The van der Waals surface area contributed by atoms with E-state index in [2.05, 4.69) is 25.9 Å². The molecule has 0 saturated carbocycles. The Kier molecular flexibility index (Phi) is 3.56. The van der Waals surface area contributed by atoms with Crippen molar-refractivity contribution in [2.24, 2.45) is 0 Å². The lowest BCUT2D eigenvalue weighted by Gasteiger charge is -2.03. The Morgan fingerprint density at radius 2 is 2.22 bits per heavy atom. The molecule has 1 aromatic carbocycles. The molecule has 2 aromatic rings. The lowest BCUT2D eigenvalue weighted by molar-refractivity contribution is -0.116. The van der Waals surface area contributed by atoms with Gasteiger partial charge in [-0.25, -0.2) is 8.78 Å². The zero-order valence-corrected chi connectivity index (χ0v) is 9.15. The quantitative estimate of drug-likeness (QED) is 0.853. The van der Waals surface area contributed by atoms with Crippen LogP contribution in [0, 0.1) is 11.6 Å². The summed E-state index contributed by atoms with van der Waals surface area (Å²) in [5.74, 6) is -1.44. The summed E-state index contributed by atoms with van der Waals surface area (Å²) in [6.45, 7) is 0. The molecule has 1 heterocycles. The molecule has 0 bridgehead atoms. The number of hydrogen-bond donors (Lipinski definition) is 2. The molecule has 18 heavy (non-hydrogen) atoms. The Bertz CT molecular complexity index is 543. The number of H-pyrrole nitrogens is 1. The molecular formula is C10H9F2N5O. The van der Waals surface area contributed by atoms with Crippen LogP contribution < -0.4 is 5.32 Å². The maximum atomic E-state index is 13.3. The van der Waals surface area contributed by atoms with E-state index in [1.54, 1.807) is 0 Å². The van der Waals surface area contributed by atoms with Crippen LogP contribution in [0.2, 0.25) is 0 Å². The van der Waals surface area contributed by atoms with Gasteiger partial charge in [-0.1, -0.05) is 5.10 Å². The number of nitrogens with one attached hydrogen (secondary N) is 2. The average molecular weight is 253 g/mol. The van der Waals surface area contributed by atoms with E-state index in [1.165, 1.54) is 0 Å². The molecule has 8 heteroatoms. The van der Waals surface area contributed by atoms with E-state index in [1.807, 2.05) is 0 Å². The number of rotatable bonds is 4. The van der Waals surface area contributed by atoms with Crippen molar-refractivity contribution in [2.45, 2.75) is 12.8 Å². The Morgan fingerprint density at radius 1 is 1.39 bits per heavy atom. The van der Waals surface area contributed by atoms with Crippen LogP contribution in [0.25, 0.3) is 0 Å². The second kappa shape index (κ2) is 5.30. The van der Waals surface area contributed by atoms with Gasteiger partial charge in [0.1, 0.15) is 11.6 Å². The molecule has 0 unspecified atom stereocenters. The zero-order valence-electron chi connectivity index (χ0n) is 9.15. The minimum Gasteiger partial charge on any atom is -0.292 e. The van der Waals surface area contributed by atoms with Gasteiger partial charge < -0.3 is 0 Å². The highest BCUT2D eigenvalue weighted by molar-refractivity contribution is 5.88. The number of halogens is 2. The number of benzene rings is 1. The number of aromatic amines is 1. The summed E-state index contributed by atoms with van der Waals surface area (Å²) in [4.78, 5) is 11.4. The van der Waals surface area contributed by atoms with Gasteiger partial charge in [-0.05, 0) is 35.4 Å². The van der Waals surface area contributed by atoms with Gasteiger partial charge in [0.05, 0.1) is 0 Å². The maximum Gasteiger partial charge on any atom is 0.269 e. The molecule has 94 valence electrons. The summed E-state index contributed by atoms with van der Waals surface area (Å²) in [6.07, 6.45) is 0.0855. The molecule has 1 aromatic heterocycles. The SMILES string of the molecule is O=C(CCc1cc(F)ccc1F)Nc1nn[nH]n1. The molecule has 0 radical (unpaired) electrons. The van der Waals surface area contributed by atoms with Crippen molar-refractivity contribution in [3.63, 3.8) is 0 Å². The number of anilines is 1. The number of aromatic nitrogens is 4. The first-order chi connectivity index (χ1) is 8.65. The highest BCUT2D eigenvalue weighted by Gasteiger charge is 2.09. The number of tetrazole rings is 1. The van der Waals surface area contributed by atoms with Crippen LogP contribution in [0.1, 0.15) is 12.0 Å². The third-order valence-electron chi connectivity index (χ3n) is 2.23. The molecule has 0 aliphatic carbocycles. The predicted octanol–water partition coefficient (Wildman–Crippen LogP) is 1.05. The monoisotopic (exact) mass is 253 g/mol.